The number of hydrogen-bond acceptors (Lipinski definition) is 3. The number of nitrogens with one attached hydrogen (secondary N) is 1. The van der Waals surface area contributed by atoms with Gasteiger partial charge in [-0.2, -0.15) is 0 Å². The van der Waals surface area contributed by atoms with Crippen molar-refractivity contribution in [2.24, 2.45) is 0 Å². The van der Waals surface area contributed by atoms with Gasteiger partial charge in [-0.1, -0.05) is 42.3 Å². The number of benzene rings is 2. The van der Waals surface area contributed by atoms with Gasteiger partial charge in [-0.05, 0) is 42.3 Å². The molecule has 0 bridgehead atoms. The molecule has 0 aromatic heterocycles. The quantitative estimate of drug-likeness (QED) is 0.718. The maximum Gasteiger partial charge on any atom is 0.244 e. The lowest BCUT2D eigenvalue weighted by Gasteiger charge is -2.30. The van der Waals surface area contributed by atoms with Crippen molar-refractivity contribution in [2.45, 2.75) is 25.9 Å². The molecule has 1 N–H and O–H groups in total. The van der Waals surface area contributed by atoms with Crippen LogP contribution in [0.15, 0.2) is 42.5 Å². The van der Waals surface area contributed by atoms with Crippen LogP contribution in [0.1, 0.15) is 18.9 Å². The van der Waals surface area contributed by atoms with E-state index in [1.807, 2.05) is 0 Å². The summed E-state index contributed by atoms with van der Waals surface area (Å²) < 4.78 is 38.8. The maximum atomic E-state index is 13.0. The lowest BCUT2D eigenvalue weighted by molar-refractivity contribution is -0.122. The monoisotopic (exact) mass is 432 g/mol. The van der Waals surface area contributed by atoms with Crippen molar-refractivity contribution in [2.75, 3.05) is 10.6 Å². The summed E-state index contributed by atoms with van der Waals surface area (Å²) in [7, 11) is -3.79. The summed E-state index contributed by atoms with van der Waals surface area (Å²) in [6.45, 7) is 1.84. The molecular formula is C18H19Cl2FN2O3S. The Kier molecular flexibility index (Phi) is 7.08. The van der Waals surface area contributed by atoms with Gasteiger partial charge in [0.25, 0.3) is 0 Å². The van der Waals surface area contributed by atoms with E-state index in [1.165, 1.54) is 30.3 Å². The summed E-state index contributed by atoms with van der Waals surface area (Å²) >= 11 is 12.0. The second-order valence-corrected chi connectivity index (χ2v) is 8.69. The van der Waals surface area contributed by atoms with Gasteiger partial charge in [-0.15, -0.1) is 0 Å². The van der Waals surface area contributed by atoms with Crippen LogP contribution in [0.25, 0.3) is 0 Å². The van der Waals surface area contributed by atoms with E-state index in [0.29, 0.717) is 5.56 Å². The van der Waals surface area contributed by atoms with Gasteiger partial charge in [0.15, 0.2) is 0 Å². The molecule has 1 amide bonds. The Morgan fingerprint density at radius 1 is 1.15 bits per heavy atom. The van der Waals surface area contributed by atoms with E-state index in [0.717, 1.165) is 10.6 Å². The molecule has 0 saturated carbocycles. The Hall–Kier alpha value is -1.83. The molecule has 5 nitrogen and oxygen atoms in total. The largest absolute Gasteiger partial charge is 0.350 e. The van der Waals surface area contributed by atoms with Gasteiger partial charge in [-0.25, -0.2) is 12.8 Å². The van der Waals surface area contributed by atoms with Crippen LogP contribution < -0.4 is 9.62 Å². The average Bonchev–Trinajstić information content (AvgIpc) is 2.56. The second kappa shape index (κ2) is 8.91. The number of rotatable bonds is 7. The van der Waals surface area contributed by atoms with E-state index >= 15 is 0 Å². The molecule has 0 aliphatic heterocycles. The van der Waals surface area contributed by atoms with Crippen LogP contribution in [0, 0.1) is 5.82 Å². The zero-order valence-corrected chi connectivity index (χ0v) is 17.1. The summed E-state index contributed by atoms with van der Waals surface area (Å²) in [6.07, 6.45) is 1.24. The van der Waals surface area contributed by atoms with Crippen molar-refractivity contribution >= 4 is 44.8 Å². The Bertz CT molecular complexity index is 900. The third-order valence-corrected chi connectivity index (χ3v) is 5.43. The van der Waals surface area contributed by atoms with E-state index < -0.39 is 22.0 Å². The van der Waals surface area contributed by atoms with Gasteiger partial charge >= 0.3 is 0 Å². The number of amides is 1. The van der Waals surface area contributed by atoms with E-state index in [9.17, 15) is 17.6 Å². The van der Waals surface area contributed by atoms with E-state index in [1.54, 1.807) is 19.1 Å². The molecule has 0 aliphatic rings. The number of nitrogens with zero attached hydrogens (tertiary/aromatic N) is 1. The number of carbonyl (C=O) groups is 1. The predicted octanol–water partition coefficient (Wildman–Crippen LogP) is 3.99. The molecular weight excluding hydrogens is 414 g/mol. The summed E-state index contributed by atoms with van der Waals surface area (Å²) in [6, 6.07) is 9.02. The Morgan fingerprint density at radius 2 is 1.70 bits per heavy atom. The summed E-state index contributed by atoms with van der Waals surface area (Å²) in [4.78, 5) is 12.7. The fourth-order valence-electron chi connectivity index (χ4n) is 2.64. The molecule has 0 heterocycles. The van der Waals surface area contributed by atoms with Crippen molar-refractivity contribution in [3.63, 3.8) is 0 Å². The molecule has 2 aromatic carbocycles. The zero-order chi connectivity index (χ0) is 20.2. The molecule has 0 spiro atoms. The summed E-state index contributed by atoms with van der Waals surface area (Å²) in [5.74, 6) is -0.860. The van der Waals surface area contributed by atoms with Crippen LogP contribution >= 0.6 is 23.2 Å². The van der Waals surface area contributed by atoms with Gasteiger partial charge in [0.05, 0.1) is 11.9 Å². The lowest BCUT2D eigenvalue weighted by atomic mass is 10.1. The average molecular weight is 433 g/mol. The molecule has 0 aliphatic carbocycles. The highest BCUT2D eigenvalue weighted by Gasteiger charge is 2.31. The normalized spacial score (nSPS) is 12.5. The van der Waals surface area contributed by atoms with Gasteiger partial charge < -0.3 is 5.32 Å². The molecule has 0 unspecified atom stereocenters. The fraction of sp³-hybridized carbons (Fsp3) is 0.278. The Labute approximate surface area is 168 Å². The van der Waals surface area contributed by atoms with Crippen molar-refractivity contribution in [1.29, 1.82) is 0 Å². The smallest absolute Gasteiger partial charge is 0.244 e. The molecule has 0 saturated heterocycles. The van der Waals surface area contributed by atoms with Crippen LogP contribution in [0.4, 0.5) is 10.1 Å². The van der Waals surface area contributed by atoms with Crippen LogP contribution in [0.5, 0.6) is 0 Å². The van der Waals surface area contributed by atoms with Crippen LogP contribution in [-0.4, -0.2) is 26.6 Å². The maximum absolute atomic E-state index is 13.0. The third-order valence-electron chi connectivity index (χ3n) is 3.81. The molecule has 0 fully saturated rings. The highest BCUT2D eigenvalue weighted by atomic mass is 35.5. The van der Waals surface area contributed by atoms with Gasteiger partial charge in [0.1, 0.15) is 11.9 Å². The molecule has 9 heteroatoms. The van der Waals surface area contributed by atoms with Gasteiger partial charge in [0, 0.05) is 16.6 Å². The van der Waals surface area contributed by atoms with E-state index in [2.05, 4.69) is 5.32 Å². The SMILES string of the molecule is CC[C@@H](C(=O)NCc1ccc(F)cc1)N(c1cc(Cl)cc(Cl)c1)S(C)(=O)=O. The van der Waals surface area contributed by atoms with Crippen molar-refractivity contribution in [3.8, 4) is 0 Å². The summed E-state index contributed by atoms with van der Waals surface area (Å²) in [5.41, 5.74) is 0.898. The summed E-state index contributed by atoms with van der Waals surface area (Å²) in [5, 5.41) is 3.20. The minimum Gasteiger partial charge on any atom is -0.350 e. The predicted molar refractivity (Wildman–Crippen MR) is 106 cm³/mol. The highest BCUT2D eigenvalue weighted by molar-refractivity contribution is 7.92. The van der Waals surface area contributed by atoms with Gasteiger partial charge in [-0.3, -0.25) is 9.10 Å². The molecule has 2 aromatic rings. The van der Waals surface area contributed by atoms with E-state index in [-0.39, 0.29) is 34.5 Å². The minimum absolute atomic E-state index is 0.142. The van der Waals surface area contributed by atoms with Crippen molar-refractivity contribution < 1.29 is 17.6 Å². The fourth-order valence-corrected chi connectivity index (χ4v) is 4.35. The lowest BCUT2D eigenvalue weighted by Crippen LogP contribution is -2.49. The number of carbonyl (C=O) groups excluding carboxylic acids is 1. The molecule has 0 radical (unpaired) electrons. The number of halogens is 3. The topological polar surface area (TPSA) is 66.5 Å². The Balaban J connectivity index is 2.28. The molecule has 1 atom stereocenters. The second-order valence-electron chi connectivity index (χ2n) is 5.95. The first-order chi connectivity index (χ1) is 12.6. The number of anilines is 1. The van der Waals surface area contributed by atoms with Crippen LogP contribution in [0.2, 0.25) is 10.0 Å². The van der Waals surface area contributed by atoms with E-state index in [4.69, 9.17) is 23.2 Å². The first-order valence-electron chi connectivity index (χ1n) is 8.09. The van der Waals surface area contributed by atoms with Crippen molar-refractivity contribution in [1.82, 2.24) is 5.32 Å². The Morgan fingerprint density at radius 3 is 2.19 bits per heavy atom. The molecule has 2 rings (SSSR count). The van der Waals surface area contributed by atoms with Gasteiger partial charge in [0.2, 0.25) is 15.9 Å². The first kappa shape index (κ1) is 21.5. The number of sulfonamides is 1. The van der Waals surface area contributed by atoms with Crippen LogP contribution in [0.3, 0.4) is 0 Å². The third kappa shape index (κ3) is 5.82. The molecule has 146 valence electrons. The zero-order valence-electron chi connectivity index (χ0n) is 14.7. The highest BCUT2D eigenvalue weighted by Crippen LogP contribution is 2.29. The van der Waals surface area contributed by atoms with Crippen molar-refractivity contribution in [3.05, 3.63) is 63.9 Å². The van der Waals surface area contributed by atoms with Crippen LogP contribution in [-0.2, 0) is 21.4 Å². The standard InChI is InChI=1S/C18H19Cl2FN2O3S/c1-3-17(18(24)22-11-12-4-6-15(21)7-5-12)23(27(2,25)26)16-9-13(19)8-14(20)10-16/h4-10,17H,3,11H2,1-2H3,(H,22,24)/t17-/m0/s1. The minimum atomic E-state index is -3.79. The number of hydrogen-bond donors (Lipinski definition) is 1. The molecule has 27 heavy (non-hydrogen) atoms. The first-order valence-corrected chi connectivity index (χ1v) is 10.7.